The molecule has 1 aliphatic rings. The van der Waals surface area contributed by atoms with Crippen LogP contribution in [0.2, 0.25) is 0 Å². The van der Waals surface area contributed by atoms with Crippen LogP contribution in [0.5, 0.6) is 0 Å². The van der Waals surface area contributed by atoms with Crippen LogP contribution in [0.3, 0.4) is 0 Å². The number of benzene rings is 1. The first kappa shape index (κ1) is 51.6. The number of carboxylic acids is 4. The third kappa shape index (κ3) is 17.2. The highest BCUT2D eigenvalue weighted by Gasteiger charge is 2.35. The second kappa shape index (κ2) is 25.4. The number of aromatic nitrogens is 1. The number of halogens is 1. The summed E-state index contributed by atoms with van der Waals surface area (Å²) in [6.07, 6.45) is -2.16. The second-order valence-electron chi connectivity index (χ2n) is 14.2. The Bertz CT molecular complexity index is 2100. The molecule has 1 unspecified atom stereocenters. The van der Waals surface area contributed by atoms with Gasteiger partial charge in [-0.05, 0) is 85.4 Å². The summed E-state index contributed by atoms with van der Waals surface area (Å²) in [5.41, 5.74) is -0.205. The summed E-state index contributed by atoms with van der Waals surface area (Å²) in [5, 5.41) is 59.9. The molecular weight excluding hydrogens is 965 g/mol. The number of hydrogen-bond donors (Lipinski definition) is 10. The molecule has 1 aromatic carbocycles. The van der Waals surface area contributed by atoms with Crippen molar-refractivity contribution in [3.8, 4) is 0 Å². The van der Waals surface area contributed by atoms with Gasteiger partial charge in [-0.25, -0.2) is 9.59 Å². The highest BCUT2D eigenvalue weighted by molar-refractivity contribution is 14.1. The van der Waals surface area contributed by atoms with Crippen molar-refractivity contribution in [2.75, 3.05) is 6.54 Å². The van der Waals surface area contributed by atoms with Crippen molar-refractivity contribution in [1.29, 1.82) is 0 Å². The van der Waals surface area contributed by atoms with Gasteiger partial charge in [-0.15, -0.1) is 5.06 Å². The monoisotopic (exact) mass is 1010 g/mol. The molecule has 5 atom stereocenters. The lowest BCUT2D eigenvalue weighted by molar-refractivity contribution is -0.191. The third-order valence-corrected chi connectivity index (χ3v) is 9.88. The van der Waals surface area contributed by atoms with Crippen molar-refractivity contribution in [2.24, 2.45) is 0 Å². The highest BCUT2D eigenvalue weighted by atomic mass is 127. The number of carbonyl (C=O) groups is 11. The van der Waals surface area contributed by atoms with Crippen molar-refractivity contribution in [1.82, 2.24) is 36.6 Å². The number of carbonyl (C=O) groups excluding carboxylic acids is 7. The Hall–Kier alpha value is -6.77. The van der Waals surface area contributed by atoms with Crippen molar-refractivity contribution in [3.63, 3.8) is 0 Å². The van der Waals surface area contributed by atoms with E-state index in [-0.39, 0.29) is 49.8 Å². The summed E-state index contributed by atoms with van der Waals surface area (Å²) < 4.78 is 0.733. The molecular formula is C39H46IN7O17. The zero-order valence-corrected chi connectivity index (χ0v) is 36.0. The highest BCUT2D eigenvalue weighted by Crippen LogP contribution is 2.19. The van der Waals surface area contributed by atoms with Crippen LogP contribution >= 0.6 is 22.6 Å². The van der Waals surface area contributed by atoms with Crippen molar-refractivity contribution in [2.45, 2.75) is 101 Å². The number of carboxylic acid groups (broad SMARTS) is 4. The maximum atomic E-state index is 13.6. The number of nitrogens with one attached hydrogen (secondary N) is 5. The third-order valence-electron chi connectivity index (χ3n) is 9.29. The number of amides is 6. The quantitative estimate of drug-likeness (QED) is 0.0421. The van der Waals surface area contributed by atoms with Gasteiger partial charge in [0.1, 0.15) is 24.2 Å². The van der Waals surface area contributed by atoms with Gasteiger partial charge in [0, 0.05) is 60.2 Å². The fourth-order valence-electron chi connectivity index (χ4n) is 5.93. The van der Waals surface area contributed by atoms with Crippen LogP contribution in [-0.4, -0.2) is 138 Å². The van der Waals surface area contributed by atoms with Gasteiger partial charge in [0.25, 0.3) is 17.7 Å². The van der Waals surface area contributed by atoms with E-state index in [1.54, 1.807) is 12.3 Å². The predicted molar refractivity (Wildman–Crippen MR) is 222 cm³/mol. The van der Waals surface area contributed by atoms with Gasteiger partial charge in [-0.3, -0.25) is 48.1 Å². The second-order valence-corrected chi connectivity index (χ2v) is 15.4. The van der Waals surface area contributed by atoms with E-state index in [1.807, 2.05) is 22.6 Å². The summed E-state index contributed by atoms with van der Waals surface area (Å²) in [6.45, 7) is 0.144. The van der Waals surface area contributed by atoms with Crippen molar-refractivity contribution in [3.05, 3.63) is 63.0 Å². The molecule has 1 aliphatic heterocycles. The minimum atomic E-state index is -1.80. The van der Waals surface area contributed by atoms with E-state index >= 15 is 0 Å². The van der Waals surface area contributed by atoms with Crippen LogP contribution in [0, 0.1) is 3.57 Å². The summed E-state index contributed by atoms with van der Waals surface area (Å²) in [5.74, 6) is -12.5. The van der Waals surface area contributed by atoms with E-state index in [0.29, 0.717) is 10.6 Å². The average Bonchev–Trinajstić information content (AvgIpc) is 3.56. The van der Waals surface area contributed by atoms with E-state index in [9.17, 15) is 78.3 Å². The molecule has 0 radical (unpaired) electrons. The first-order chi connectivity index (χ1) is 30.2. The molecule has 24 nitrogen and oxygen atoms in total. The number of unbranched alkanes of at least 4 members (excludes halogenated alkanes) is 1. The van der Waals surface area contributed by atoms with Crippen LogP contribution in [0.4, 0.5) is 0 Å². The Kier molecular flexibility index (Phi) is 20.4. The van der Waals surface area contributed by atoms with E-state index < -0.39 is 134 Å². The summed E-state index contributed by atoms with van der Waals surface area (Å²) in [7, 11) is 0. The number of pyridine rings is 1. The number of hydroxylamine groups is 2. The SMILES string of the molecule is O=C(O)CC[C@@H](NC(=O)c1cccc(C(=O)ON2C(=O)CCC2O)c1)C(=O)N[C@H](CCC(=O)O)C(=O)N[C@H](CCC(=O)O)C(=O)N[C@H](CCCCNC(=O)c1cncc(I)c1)C(=O)O. The molecule has 0 aliphatic carbocycles. The van der Waals surface area contributed by atoms with Crippen LogP contribution in [0.15, 0.2) is 42.7 Å². The van der Waals surface area contributed by atoms with E-state index in [2.05, 4.69) is 31.6 Å². The Balaban J connectivity index is 1.72. The fraction of sp³-hybridized carbons (Fsp3) is 0.436. The lowest BCUT2D eigenvalue weighted by Gasteiger charge is -2.26. The zero-order chi connectivity index (χ0) is 47.5. The largest absolute Gasteiger partial charge is 0.481 e. The lowest BCUT2D eigenvalue weighted by atomic mass is 10.0. The number of nitrogens with zero attached hydrogens (tertiary/aromatic N) is 2. The Morgan fingerprint density at radius 3 is 1.72 bits per heavy atom. The molecule has 346 valence electrons. The minimum absolute atomic E-state index is 0.0147. The number of aliphatic hydroxyl groups is 1. The normalized spacial score (nSPS) is 15.1. The Morgan fingerprint density at radius 2 is 1.22 bits per heavy atom. The summed E-state index contributed by atoms with van der Waals surface area (Å²) >= 11 is 1.99. The van der Waals surface area contributed by atoms with Crippen LogP contribution in [0.1, 0.15) is 102 Å². The van der Waals surface area contributed by atoms with Gasteiger partial charge in [0.15, 0.2) is 6.23 Å². The maximum Gasteiger partial charge on any atom is 0.363 e. The van der Waals surface area contributed by atoms with Gasteiger partial charge in [0.05, 0.1) is 11.1 Å². The minimum Gasteiger partial charge on any atom is -0.481 e. The number of aliphatic hydroxyl groups excluding tert-OH is 1. The zero-order valence-electron chi connectivity index (χ0n) is 33.8. The first-order valence-electron chi connectivity index (χ1n) is 19.6. The molecule has 2 heterocycles. The summed E-state index contributed by atoms with van der Waals surface area (Å²) in [6, 6.07) is -0.484. The Morgan fingerprint density at radius 1 is 0.688 bits per heavy atom. The molecule has 1 fully saturated rings. The average molecular weight is 1010 g/mol. The maximum absolute atomic E-state index is 13.6. The van der Waals surface area contributed by atoms with Crippen molar-refractivity contribution < 1.29 is 83.1 Å². The standard InChI is InChI=1S/C39H46IN7O17/c40-23-17-22(18-41-19-23)33(56)42-15-2-1-6-27(38(61)62)46-37(60)26(9-14-32(54)55)45-36(59)25(8-13-31(52)53)44-35(58)24(7-12-30(50)51)43-34(57)20-4-3-5-21(16-20)39(63)64-47-28(48)10-11-29(47)49/h3-5,16-19,24-28,48H,1-2,6-15H2,(H,42,56)(H,43,57)(H,44,58)(H,45,59)(H,46,60)(H,50,51)(H,52,53)(H,54,55)(H,61,62)/t24-,25-,26-,27-,28?/m1/s1. The number of hydrogen-bond acceptors (Lipinski definition) is 14. The molecule has 1 aromatic heterocycles. The van der Waals surface area contributed by atoms with E-state index in [1.165, 1.54) is 24.4 Å². The van der Waals surface area contributed by atoms with E-state index in [0.717, 1.165) is 9.64 Å². The van der Waals surface area contributed by atoms with Gasteiger partial charge in [-0.1, -0.05) is 6.07 Å². The smallest absolute Gasteiger partial charge is 0.363 e. The van der Waals surface area contributed by atoms with Gasteiger partial charge in [0.2, 0.25) is 17.7 Å². The molecule has 0 bridgehead atoms. The summed E-state index contributed by atoms with van der Waals surface area (Å²) in [4.78, 5) is 146. The molecule has 2 aromatic rings. The molecule has 0 spiro atoms. The van der Waals surface area contributed by atoms with Gasteiger partial charge in [-0.2, -0.15) is 0 Å². The molecule has 10 N–H and O–H groups in total. The Labute approximate surface area is 377 Å². The number of aliphatic carboxylic acids is 4. The lowest BCUT2D eigenvalue weighted by Crippen LogP contribution is -2.58. The van der Waals surface area contributed by atoms with Crippen LogP contribution in [-0.2, 0) is 43.2 Å². The molecule has 3 rings (SSSR count). The molecule has 25 heteroatoms. The van der Waals surface area contributed by atoms with E-state index in [4.69, 9.17) is 4.84 Å². The first-order valence-corrected chi connectivity index (χ1v) is 20.6. The van der Waals surface area contributed by atoms with Crippen LogP contribution < -0.4 is 26.6 Å². The van der Waals surface area contributed by atoms with Crippen molar-refractivity contribution >= 4 is 87.9 Å². The van der Waals surface area contributed by atoms with Crippen LogP contribution in [0.25, 0.3) is 0 Å². The van der Waals surface area contributed by atoms with Gasteiger partial charge < -0.3 is 57.0 Å². The molecule has 1 saturated heterocycles. The molecule has 6 amide bonds. The number of rotatable bonds is 26. The predicted octanol–water partition coefficient (Wildman–Crippen LogP) is -0.469. The topological polar surface area (TPSA) is 374 Å². The van der Waals surface area contributed by atoms with Gasteiger partial charge >= 0.3 is 29.8 Å². The molecule has 0 saturated carbocycles. The fourth-order valence-corrected chi connectivity index (χ4v) is 6.42. The molecule has 64 heavy (non-hydrogen) atoms.